The largest absolute Gasteiger partial charge is 0.490 e. The summed E-state index contributed by atoms with van der Waals surface area (Å²) in [6.07, 6.45) is -1.28. The molecule has 0 fully saturated rings. The van der Waals surface area contributed by atoms with E-state index < -0.39 is 12.2 Å². The van der Waals surface area contributed by atoms with E-state index in [4.69, 9.17) is 21.1 Å². The summed E-state index contributed by atoms with van der Waals surface area (Å²) in [5.74, 6) is 1.24. The van der Waals surface area contributed by atoms with E-state index in [2.05, 4.69) is 5.32 Å². The van der Waals surface area contributed by atoms with Crippen LogP contribution in [0.2, 0.25) is 5.02 Å². The molecule has 0 heterocycles. The Labute approximate surface area is 142 Å². The summed E-state index contributed by atoms with van der Waals surface area (Å²) in [7, 11) is 1.78. The number of aliphatic hydroxyl groups is 1. The molecule has 0 bridgehead atoms. The lowest BCUT2D eigenvalue weighted by molar-refractivity contribution is 0.0351. The summed E-state index contributed by atoms with van der Waals surface area (Å²) in [6.45, 7) is 2.86. The summed E-state index contributed by atoms with van der Waals surface area (Å²) in [5, 5.41) is 14.0. The molecule has 0 aliphatic carbocycles. The van der Waals surface area contributed by atoms with Crippen molar-refractivity contribution in [2.24, 2.45) is 0 Å². The van der Waals surface area contributed by atoms with Gasteiger partial charge in [0.2, 0.25) is 0 Å². The number of aliphatic hydroxyl groups excluding tert-OH is 1. The minimum Gasteiger partial charge on any atom is -0.490 e. The Balaban J connectivity index is 2.31. The average molecular weight is 336 g/mol. The first-order chi connectivity index (χ1) is 11.2. The van der Waals surface area contributed by atoms with E-state index in [0.29, 0.717) is 29.7 Å². The second-order valence-corrected chi connectivity index (χ2v) is 5.53. The molecule has 0 radical (unpaired) electrons. The zero-order valence-corrected chi connectivity index (χ0v) is 14.1. The first-order valence-electron chi connectivity index (χ1n) is 7.62. The van der Waals surface area contributed by atoms with Gasteiger partial charge < -0.3 is 19.9 Å². The Kier molecular flexibility index (Phi) is 6.71. The molecule has 0 saturated carbocycles. The Hall–Kier alpha value is -1.75. The van der Waals surface area contributed by atoms with Crippen molar-refractivity contribution in [3.8, 4) is 11.5 Å². The van der Waals surface area contributed by atoms with Crippen molar-refractivity contribution in [3.63, 3.8) is 0 Å². The Morgan fingerprint density at radius 1 is 1.13 bits per heavy atom. The number of halogens is 1. The highest BCUT2D eigenvalue weighted by atomic mass is 35.5. The van der Waals surface area contributed by atoms with Crippen LogP contribution >= 0.6 is 11.6 Å². The SMILES string of the molecule is CCOc1ccccc1OC(c1cccc(Cl)c1)C(O)CNC. The Bertz CT molecular complexity index is 621. The lowest BCUT2D eigenvalue weighted by Gasteiger charge is -2.25. The van der Waals surface area contributed by atoms with Crippen LogP contribution in [-0.4, -0.2) is 31.4 Å². The number of hydrogen-bond acceptors (Lipinski definition) is 4. The van der Waals surface area contributed by atoms with Gasteiger partial charge in [-0.1, -0.05) is 35.9 Å². The van der Waals surface area contributed by atoms with E-state index in [1.165, 1.54) is 0 Å². The maximum absolute atomic E-state index is 10.5. The predicted molar refractivity (Wildman–Crippen MR) is 92.4 cm³/mol. The monoisotopic (exact) mass is 335 g/mol. The summed E-state index contributed by atoms with van der Waals surface area (Å²) < 4.78 is 11.7. The van der Waals surface area contributed by atoms with Crippen LogP contribution in [0.1, 0.15) is 18.6 Å². The van der Waals surface area contributed by atoms with Gasteiger partial charge >= 0.3 is 0 Å². The number of ether oxygens (including phenoxy) is 2. The fraction of sp³-hybridized carbons (Fsp3) is 0.333. The van der Waals surface area contributed by atoms with Crippen LogP contribution < -0.4 is 14.8 Å². The van der Waals surface area contributed by atoms with Gasteiger partial charge in [-0.2, -0.15) is 0 Å². The van der Waals surface area contributed by atoms with Crippen LogP contribution in [0.3, 0.4) is 0 Å². The van der Waals surface area contributed by atoms with Gasteiger partial charge in [-0.05, 0) is 43.8 Å². The van der Waals surface area contributed by atoms with E-state index in [9.17, 15) is 5.11 Å². The molecule has 23 heavy (non-hydrogen) atoms. The van der Waals surface area contributed by atoms with E-state index >= 15 is 0 Å². The summed E-state index contributed by atoms with van der Waals surface area (Å²) in [6, 6.07) is 14.8. The lowest BCUT2D eigenvalue weighted by atomic mass is 10.0. The molecular formula is C18H22ClNO3. The van der Waals surface area contributed by atoms with Gasteiger partial charge in [-0.25, -0.2) is 0 Å². The molecule has 0 amide bonds. The fourth-order valence-electron chi connectivity index (χ4n) is 2.33. The predicted octanol–water partition coefficient (Wildman–Crippen LogP) is 3.44. The maximum Gasteiger partial charge on any atom is 0.162 e. The van der Waals surface area contributed by atoms with Gasteiger partial charge in [0.15, 0.2) is 17.6 Å². The van der Waals surface area contributed by atoms with Crippen LogP contribution in [0.4, 0.5) is 0 Å². The molecule has 124 valence electrons. The first-order valence-corrected chi connectivity index (χ1v) is 8.00. The van der Waals surface area contributed by atoms with Crippen molar-refractivity contribution in [2.75, 3.05) is 20.2 Å². The third-order valence-electron chi connectivity index (χ3n) is 3.34. The van der Waals surface area contributed by atoms with Crippen LogP contribution in [0.25, 0.3) is 0 Å². The first kappa shape index (κ1) is 17.6. The van der Waals surface area contributed by atoms with Gasteiger partial charge in [-0.15, -0.1) is 0 Å². The molecule has 2 aromatic carbocycles. The highest BCUT2D eigenvalue weighted by Gasteiger charge is 2.24. The highest BCUT2D eigenvalue weighted by molar-refractivity contribution is 6.30. The number of rotatable bonds is 8. The maximum atomic E-state index is 10.5. The summed E-state index contributed by atoms with van der Waals surface area (Å²) in [5.41, 5.74) is 0.812. The van der Waals surface area contributed by atoms with Crippen molar-refractivity contribution in [3.05, 3.63) is 59.1 Å². The molecule has 2 atom stereocenters. The van der Waals surface area contributed by atoms with Crippen molar-refractivity contribution in [2.45, 2.75) is 19.1 Å². The highest BCUT2D eigenvalue weighted by Crippen LogP contribution is 2.33. The number of nitrogens with one attached hydrogen (secondary N) is 1. The summed E-state index contributed by atoms with van der Waals surface area (Å²) >= 11 is 6.08. The van der Waals surface area contributed by atoms with Gasteiger partial charge in [-0.3, -0.25) is 0 Å². The number of para-hydroxylation sites is 2. The molecule has 0 aromatic heterocycles. The van der Waals surface area contributed by atoms with E-state index in [1.807, 2.05) is 43.3 Å². The van der Waals surface area contributed by atoms with Crippen molar-refractivity contribution in [1.82, 2.24) is 5.32 Å². The molecule has 0 aliphatic rings. The molecule has 2 unspecified atom stereocenters. The van der Waals surface area contributed by atoms with Crippen molar-refractivity contribution in [1.29, 1.82) is 0 Å². The summed E-state index contributed by atoms with van der Waals surface area (Å²) in [4.78, 5) is 0. The third-order valence-corrected chi connectivity index (χ3v) is 3.58. The van der Waals surface area contributed by atoms with E-state index in [-0.39, 0.29) is 0 Å². The smallest absolute Gasteiger partial charge is 0.162 e. The molecular weight excluding hydrogens is 314 g/mol. The van der Waals surface area contributed by atoms with E-state index in [1.54, 1.807) is 19.2 Å². The van der Waals surface area contributed by atoms with E-state index in [0.717, 1.165) is 5.56 Å². The van der Waals surface area contributed by atoms with Crippen molar-refractivity contribution < 1.29 is 14.6 Å². The quantitative estimate of drug-likeness (QED) is 0.776. The lowest BCUT2D eigenvalue weighted by Crippen LogP contribution is -2.32. The number of likely N-dealkylation sites (N-methyl/N-ethyl adjacent to an activating group) is 1. The molecule has 4 nitrogen and oxygen atoms in total. The number of benzene rings is 2. The molecule has 0 saturated heterocycles. The molecule has 2 aromatic rings. The average Bonchev–Trinajstić information content (AvgIpc) is 2.54. The Morgan fingerprint density at radius 2 is 1.87 bits per heavy atom. The zero-order chi connectivity index (χ0) is 16.7. The second kappa shape index (κ2) is 8.77. The molecule has 0 aliphatic heterocycles. The molecule has 0 spiro atoms. The fourth-order valence-corrected chi connectivity index (χ4v) is 2.53. The zero-order valence-electron chi connectivity index (χ0n) is 13.3. The molecule has 2 N–H and O–H groups in total. The van der Waals surface area contributed by atoms with Crippen LogP contribution in [0, 0.1) is 0 Å². The molecule has 5 heteroatoms. The minimum absolute atomic E-state index is 0.397. The van der Waals surface area contributed by atoms with Crippen LogP contribution in [-0.2, 0) is 0 Å². The van der Waals surface area contributed by atoms with Gasteiger partial charge in [0.25, 0.3) is 0 Å². The normalized spacial score (nSPS) is 13.4. The van der Waals surface area contributed by atoms with Crippen LogP contribution in [0.15, 0.2) is 48.5 Å². The Morgan fingerprint density at radius 3 is 2.52 bits per heavy atom. The number of hydrogen-bond donors (Lipinski definition) is 2. The molecule has 2 rings (SSSR count). The van der Waals surface area contributed by atoms with Gasteiger partial charge in [0.05, 0.1) is 6.61 Å². The van der Waals surface area contributed by atoms with Crippen molar-refractivity contribution >= 4 is 11.6 Å². The van der Waals surface area contributed by atoms with Crippen LogP contribution in [0.5, 0.6) is 11.5 Å². The van der Waals surface area contributed by atoms with Gasteiger partial charge in [0.1, 0.15) is 6.10 Å². The third kappa shape index (κ3) is 4.86. The second-order valence-electron chi connectivity index (χ2n) is 5.10. The van der Waals surface area contributed by atoms with Gasteiger partial charge in [0, 0.05) is 11.6 Å². The minimum atomic E-state index is -0.729. The standard InChI is InChI=1S/C18H22ClNO3/c1-3-22-16-9-4-5-10-17(16)23-18(15(21)12-20-2)13-7-6-8-14(19)11-13/h4-11,15,18,20-21H,3,12H2,1-2H3. The topological polar surface area (TPSA) is 50.7 Å².